The average molecular weight is 287 g/mol. The minimum absolute atomic E-state index is 0.0785. The van der Waals surface area contributed by atoms with Crippen LogP contribution in [0.2, 0.25) is 0 Å². The van der Waals surface area contributed by atoms with Crippen molar-refractivity contribution in [2.75, 3.05) is 17.2 Å². The highest BCUT2D eigenvalue weighted by molar-refractivity contribution is 6.08. The lowest BCUT2D eigenvalue weighted by Gasteiger charge is -2.19. The number of nitrogens with zero attached hydrogens (tertiary/aromatic N) is 2. The summed E-state index contributed by atoms with van der Waals surface area (Å²) in [6.45, 7) is 5.74. The zero-order valence-corrected chi connectivity index (χ0v) is 12.3. The van der Waals surface area contributed by atoms with Crippen LogP contribution in [-0.4, -0.2) is 17.4 Å². The number of anilines is 2. The molecule has 1 aliphatic heterocycles. The van der Waals surface area contributed by atoms with Gasteiger partial charge < -0.3 is 10.6 Å². The normalized spacial score (nSPS) is 15.4. The van der Waals surface area contributed by atoms with Crippen molar-refractivity contribution in [2.24, 2.45) is 0 Å². The summed E-state index contributed by atoms with van der Waals surface area (Å²) >= 11 is 0. The van der Waals surface area contributed by atoms with Gasteiger partial charge in [-0.05, 0) is 32.4 Å². The fraction of sp³-hybridized carbons (Fsp3) is 0.400. The van der Waals surface area contributed by atoms with Crippen LogP contribution in [-0.2, 0) is 10.2 Å². The highest BCUT2D eigenvalue weighted by Crippen LogP contribution is 2.45. The number of hydrogen-bond donors (Lipinski definition) is 1. The predicted octanol–water partition coefficient (Wildman–Crippen LogP) is 2.21. The third-order valence-electron chi connectivity index (χ3n) is 3.72. The maximum Gasteiger partial charge on any atom is 0.294 e. The molecule has 1 aromatic carbocycles. The molecule has 0 atom stereocenters. The summed E-state index contributed by atoms with van der Waals surface area (Å²) in [5.41, 5.74) is 6.18. The molecule has 1 aromatic rings. The zero-order valence-electron chi connectivity index (χ0n) is 12.3. The number of fused-ring (bicyclic) bond motifs is 1. The lowest BCUT2D eigenvalue weighted by atomic mass is 9.86. The molecule has 2 N–H and O–H groups in total. The van der Waals surface area contributed by atoms with Crippen LogP contribution in [0.4, 0.5) is 17.1 Å². The first-order valence-electron chi connectivity index (χ1n) is 6.60. The lowest BCUT2D eigenvalue weighted by Crippen LogP contribution is -2.36. The number of hydrogen-bond acceptors (Lipinski definition) is 4. The van der Waals surface area contributed by atoms with Gasteiger partial charge in [0.15, 0.2) is 0 Å². The lowest BCUT2D eigenvalue weighted by molar-refractivity contribution is -0.383. The molecule has 6 heteroatoms. The minimum Gasteiger partial charge on any atom is -0.393 e. The largest absolute Gasteiger partial charge is 0.393 e. The monoisotopic (exact) mass is 287 g/mol. The van der Waals surface area contributed by atoms with Crippen molar-refractivity contribution in [1.82, 2.24) is 0 Å². The van der Waals surface area contributed by atoms with Gasteiger partial charge in [-0.15, -0.1) is 11.8 Å². The SMILES string of the molecule is CC#CCCN1C(=O)C(C)(C)c2cc(N)c([N+](=O)[O-])cc21. The van der Waals surface area contributed by atoms with Gasteiger partial charge in [0.05, 0.1) is 16.0 Å². The van der Waals surface area contributed by atoms with Crippen LogP contribution in [0.15, 0.2) is 12.1 Å². The molecule has 0 bridgehead atoms. The molecule has 0 unspecified atom stereocenters. The minimum atomic E-state index is -0.738. The Morgan fingerprint density at radius 3 is 2.67 bits per heavy atom. The number of rotatable bonds is 3. The van der Waals surface area contributed by atoms with Crippen molar-refractivity contribution >= 4 is 23.0 Å². The maximum absolute atomic E-state index is 12.5. The summed E-state index contributed by atoms with van der Waals surface area (Å²) in [7, 11) is 0. The molecule has 110 valence electrons. The van der Waals surface area contributed by atoms with E-state index in [0.717, 1.165) is 5.56 Å². The predicted molar refractivity (Wildman–Crippen MR) is 81.0 cm³/mol. The van der Waals surface area contributed by atoms with Gasteiger partial charge in [-0.25, -0.2) is 0 Å². The van der Waals surface area contributed by atoms with E-state index in [1.807, 2.05) is 0 Å². The molecule has 0 aliphatic carbocycles. The Morgan fingerprint density at radius 1 is 1.43 bits per heavy atom. The maximum atomic E-state index is 12.5. The molecule has 21 heavy (non-hydrogen) atoms. The summed E-state index contributed by atoms with van der Waals surface area (Å²) in [6.07, 6.45) is 0.524. The summed E-state index contributed by atoms with van der Waals surface area (Å²) in [4.78, 5) is 24.6. The van der Waals surface area contributed by atoms with Crippen molar-refractivity contribution < 1.29 is 9.72 Å². The topological polar surface area (TPSA) is 89.5 Å². The molecule has 2 rings (SSSR count). The summed E-state index contributed by atoms with van der Waals surface area (Å²) in [5.74, 6) is 5.59. The molecule has 0 aromatic heterocycles. The molecule has 6 nitrogen and oxygen atoms in total. The third-order valence-corrected chi connectivity index (χ3v) is 3.72. The zero-order chi connectivity index (χ0) is 15.8. The van der Waals surface area contributed by atoms with Gasteiger partial charge in [0.25, 0.3) is 5.69 Å². The first-order chi connectivity index (χ1) is 9.80. The van der Waals surface area contributed by atoms with Gasteiger partial charge in [0, 0.05) is 19.0 Å². The van der Waals surface area contributed by atoms with E-state index in [1.54, 1.807) is 25.7 Å². The second-order valence-electron chi connectivity index (χ2n) is 5.44. The molecule has 0 saturated heterocycles. The summed E-state index contributed by atoms with van der Waals surface area (Å²) < 4.78 is 0. The number of carbonyl (C=O) groups excluding carboxylic acids is 1. The molecular formula is C15H17N3O3. The molecular weight excluding hydrogens is 270 g/mol. The summed E-state index contributed by atoms with van der Waals surface area (Å²) in [5, 5.41) is 11.0. The van der Waals surface area contributed by atoms with E-state index in [4.69, 9.17) is 5.73 Å². The number of nitrogen functional groups attached to an aromatic ring is 1. The van der Waals surface area contributed by atoms with Crippen molar-refractivity contribution in [1.29, 1.82) is 0 Å². The van der Waals surface area contributed by atoms with Crippen LogP contribution in [0.25, 0.3) is 0 Å². The number of amides is 1. The van der Waals surface area contributed by atoms with Gasteiger partial charge in [-0.3, -0.25) is 14.9 Å². The first-order valence-corrected chi connectivity index (χ1v) is 6.60. The van der Waals surface area contributed by atoms with Crippen molar-refractivity contribution in [3.05, 3.63) is 27.8 Å². The second kappa shape index (κ2) is 5.09. The Balaban J connectivity index is 2.54. The Bertz CT molecular complexity index is 683. The van der Waals surface area contributed by atoms with E-state index < -0.39 is 10.3 Å². The first kappa shape index (κ1) is 14.9. The van der Waals surface area contributed by atoms with Gasteiger partial charge in [-0.1, -0.05) is 0 Å². The fourth-order valence-corrected chi connectivity index (χ4v) is 2.55. The number of nitro groups is 1. The van der Waals surface area contributed by atoms with Gasteiger partial charge >= 0.3 is 0 Å². The van der Waals surface area contributed by atoms with E-state index in [2.05, 4.69) is 11.8 Å². The number of nitro benzene ring substituents is 1. The molecule has 0 fully saturated rings. The Labute approximate surface area is 123 Å². The van der Waals surface area contributed by atoms with Crippen LogP contribution in [0.3, 0.4) is 0 Å². The van der Waals surface area contributed by atoms with Crippen LogP contribution in [0.5, 0.6) is 0 Å². The van der Waals surface area contributed by atoms with Crippen LogP contribution >= 0.6 is 0 Å². The number of nitrogens with two attached hydrogens (primary N) is 1. The van der Waals surface area contributed by atoms with E-state index >= 15 is 0 Å². The Kier molecular flexibility index (Phi) is 3.60. The van der Waals surface area contributed by atoms with E-state index in [1.165, 1.54) is 12.1 Å². The van der Waals surface area contributed by atoms with Gasteiger partial charge in [0.2, 0.25) is 5.91 Å². The van der Waals surface area contributed by atoms with Crippen molar-refractivity contribution in [2.45, 2.75) is 32.6 Å². The second-order valence-corrected chi connectivity index (χ2v) is 5.44. The molecule has 1 aliphatic rings. The van der Waals surface area contributed by atoms with E-state index in [9.17, 15) is 14.9 Å². The van der Waals surface area contributed by atoms with Crippen LogP contribution in [0, 0.1) is 22.0 Å². The molecule has 1 amide bonds. The standard InChI is InChI=1S/C15H17N3O3/c1-4-5-6-7-17-12-9-13(18(20)21)11(16)8-10(12)15(2,3)14(17)19/h8-9H,6-7,16H2,1-3H3. The number of carbonyl (C=O) groups is 1. The fourth-order valence-electron chi connectivity index (χ4n) is 2.55. The molecule has 1 heterocycles. The van der Waals surface area contributed by atoms with Crippen LogP contribution < -0.4 is 10.6 Å². The highest BCUT2D eigenvalue weighted by atomic mass is 16.6. The Morgan fingerprint density at radius 2 is 2.10 bits per heavy atom. The highest BCUT2D eigenvalue weighted by Gasteiger charge is 2.44. The molecule has 0 spiro atoms. The smallest absolute Gasteiger partial charge is 0.294 e. The average Bonchev–Trinajstić information content (AvgIpc) is 2.59. The third kappa shape index (κ3) is 2.31. The van der Waals surface area contributed by atoms with Gasteiger partial charge in [-0.2, -0.15) is 0 Å². The quantitative estimate of drug-likeness (QED) is 0.399. The van der Waals surface area contributed by atoms with E-state index in [0.29, 0.717) is 18.7 Å². The van der Waals surface area contributed by atoms with E-state index in [-0.39, 0.29) is 17.3 Å². The van der Waals surface area contributed by atoms with Crippen LogP contribution in [0.1, 0.15) is 32.8 Å². The summed E-state index contributed by atoms with van der Waals surface area (Å²) in [6, 6.07) is 2.92. The Hall–Kier alpha value is -2.55. The molecule has 0 saturated carbocycles. The van der Waals surface area contributed by atoms with Crippen molar-refractivity contribution in [3.63, 3.8) is 0 Å². The van der Waals surface area contributed by atoms with Crippen molar-refractivity contribution in [3.8, 4) is 11.8 Å². The van der Waals surface area contributed by atoms with Gasteiger partial charge in [0.1, 0.15) is 5.69 Å². The number of benzene rings is 1. The molecule has 0 radical (unpaired) electrons.